The van der Waals surface area contributed by atoms with E-state index in [1.165, 1.54) is 0 Å². The maximum absolute atomic E-state index is 11.2. The maximum atomic E-state index is 11.2. The Balaban J connectivity index is 1.68. The van der Waals surface area contributed by atoms with E-state index in [-0.39, 0.29) is 25.4 Å². The number of hydrogen-bond acceptors (Lipinski definition) is 5. The fourth-order valence-electron chi connectivity index (χ4n) is 1.32. The van der Waals surface area contributed by atoms with Crippen LogP contribution in [-0.4, -0.2) is 62.9 Å². The zero-order valence-corrected chi connectivity index (χ0v) is 9.89. The van der Waals surface area contributed by atoms with Gasteiger partial charge >= 0.3 is 5.97 Å². The van der Waals surface area contributed by atoms with Gasteiger partial charge in [0.05, 0.1) is 39.6 Å². The van der Waals surface area contributed by atoms with Gasteiger partial charge in [-0.05, 0) is 6.92 Å². The Hall–Kier alpha value is -0.690. The lowest BCUT2D eigenvalue weighted by atomic mass is 9.93. The normalized spacial score (nSPS) is 29.7. The maximum Gasteiger partial charge on any atom is 0.314 e. The molecule has 6 nitrogen and oxygen atoms in total. The second-order valence-corrected chi connectivity index (χ2v) is 4.81. The van der Waals surface area contributed by atoms with Gasteiger partial charge in [0, 0.05) is 0 Å². The third kappa shape index (κ3) is 4.23. The molecular formula is C11H18O6. The zero-order valence-electron chi connectivity index (χ0n) is 9.89. The average molecular weight is 246 g/mol. The number of carbonyl (C=O) groups is 1. The monoisotopic (exact) mass is 246 g/mol. The molecule has 0 aromatic rings. The van der Waals surface area contributed by atoms with Crippen LogP contribution in [0, 0.1) is 5.41 Å². The Kier molecular flexibility index (Phi) is 3.98. The predicted octanol–water partition coefficient (Wildman–Crippen LogP) is -0.0919. The highest BCUT2D eigenvalue weighted by molar-refractivity contribution is 5.74. The van der Waals surface area contributed by atoms with Crippen molar-refractivity contribution in [3.05, 3.63) is 0 Å². The van der Waals surface area contributed by atoms with Gasteiger partial charge in [0.25, 0.3) is 0 Å². The number of aliphatic carboxylic acids is 1. The lowest BCUT2D eigenvalue weighted by molar-refractivity contribution is -0.156. The molecule has 2 fully saturated rings. The van der Waals surface area contributed by atoms with Crippen molar-refractivity contribution in [3.63, 3.8) is 0 Å². The van der Waals surface area contributed by atoms with Crippen molar-refractivity contribution in [1.29, 1.82) is 0 Å². The summed E-state index contributed by atoms with van der Waals surface area (Å²) in [6.07, 6.45) is 0.294. The van der Waals surface area contributed by atoms with Crippen LogP contribution in [0.2, 0.25) is 0 Å². The molecule has 0 radical (unpaired) electrons. The Morgan fingerprint density at radius 1 is 1.24 bits per heavy atom. The van der Waals surface area contributed by atoms with Gasteiger partial charge in [-0.15, -0.1) is 0 Å². The molecule has 17 heavy (non-hydrogen) atoms. The van der Waals surface area contributed by atoms with Crippen LogP contribution in [0.5, 0.6) is 0 Å². The van der Waals surface area contributed by atoms with Crippen LogP contribution >= 0.6 is 0 Å². The Morgan fingerprint density at radius 2 is 1.65 bits per heavy atom. The number of carboxylic acids is 1. The minimum absolute atomic E-state index is 0.133. The van der Waals surface area contributed by atoms with E-state index in [9.17, 15) is 9.90 Å². The summed E-state index contributed by atoms with van der Waals surface area (Å²) >= 11 is 0. The number of carboxylic acid groups (broad SMARTS) is 1. The predicted molar refractivity (Wildman–Crippen MR) is 56.9 cm³/mol. The number of epoxide rings is 2. The van der Waals surface area contributed by atoms with Crippen LogP contribution in [0.3, 0.4) is 0 Å². The molecule has 2 aliphatic heterocycles. The second-order valence-electron chi connectivity index (χ2n) is 4.81. The molecule has 6 heteroatoms. The first-order valence-corrected chi connectivity index (χ1v) is 5.72. The van der Waals surface area contributed by atoms with Gasteiger partial charge in [-0.25, -0.2) is 0 Å². The van der Waals surface area contributed by atoms with E-state index >= 15 is 0 Å². The Labute approximate surface area is 99.8 Å². The van der Waals surface area contributed by atoms with Crippen molar-refractivity contribution >= 4 is 5.97 Å². The zero-order chi connectivity index (χ0) is 12.3. The van der Waals surface area contributed by atoms with Crippen LogP contribution in [0.25, 0.3) is 0 Å². The van der Waals surface area contributed by atoms with Crippen molar-refractivity contribution in [1.82, 2.24) is 0 Å². The molecule has 2 rings (SSSR count). The summed E-state index contributed by atoms with van der Waals surface area (Å²) in [7, 11) is 0. The molecule has 0 bridgehead atoms. The first-order valence-electron chi connectivity index (χ1n) is 5.72. The molecule has 2 atom stereocenters. The molecule has 2 heterocycles. The molecule has 0 aromatic heterocycles. The molecule has 0 saturated carbocycles. The molecule has 0 aliphatic carbocycles. The van der Waals surface area contributed by atoms with E-state index in [0.29, 0.717) is 26.4 Å². The summed E-state index contributed by atoms with van der Waals surface area (Å²) in [5, 5.41) is 9.17. The summed E-state index contributed by atoms with van der Waals surface area (Å²) in [5.74, 6) is -0.911. The highest BCUT2D eigenvalue weighted by Crippen LogP contribution is 2.20. The van der Waals surface area contributed by atoms with Gasteiger partial charge in [0.1, 0.15) is 17.6 Å². The summed E-state index contributed by atoms with van der Waals surface area (Å²) in [5.41, 5.74) is -1.01. The van der Waals surface area contributed by atoms with E-state index in [2.05, 4.69) is 0 Å². The van der Waals surface area contributed by atoms with E-state index in [0.717, 1.165) is 0 Å². The Morgan fingerprint density at radius 3 is 1.94 bits per heavy atom. The van der Waals surface area contributed by atoms with Crippen LogP contribution < -0.4 is 0 Å². The van der Waals surface area contributed by atoms with Crippen molar-refractivity contribution in [2.45, 2.75) is 19.1 Å². The van der Waals surface area contributed by atoms with Crippen molar-refractivity contribution in [2.75, 3.05) is 39.6 Å². The smallest absolute Gasteiger partial charge is 0.314 e. The molecule has 2 unspecified atom stereocenters. The molecule has 2 aliphatic rings. The fourth-order valence-corrected chi connectivity index (χ4v) is 1.32. The highest BCUT2D eigenvalue weighted by Gasteiger charge is 2.36. The molecule has 0 spiro atoms. The van der Waals surface area contributed by atoms with Gasteiger partial charge in [-0.1, -0.05) is 0 Å². The standard InChI is InChI=1S/C11H18O6/c1-11(10(12)13,6-14-2-8-4-16-8)7-15-3-9-5-17-9/h8-9H,2-7H2,1H3,(H,12,13). The van der Waals surface area contributed by atoms with Crippen molar-refractivity contribution in [3.8, 4) is 0 Å². The highest BCUT2D eigenvalue weighted by atomic mass is 16.6. The van der Waals surface area contributed by atoms with E-state index in [1.54, 1.807) is 6.92 Å². The fraction of sp³-hybridized carbons (Fsp3) is 0.909. The summed E-state index contributed by atoms with van der Waals surface area (Å²) in [6, 6.07) is 0. The van der Waals surface area contributed by atoms with Gasteiger partial charge < -0.3 is 24.1 Å². The van der Waals surface area contributed by atoms with Crippen LogP contribution in [-0.2, 0) is 23.7 Å². The van der Waals surface area contributed by atoms with E-state index in [4.69, 9.17) is 18.9 Å². The minimum Gasteiger partial charge on any atom is -0.481 e. The molecule has 1 N–H and O–H groups in total. The summed E-state index contributed by atoms with van der Waals surface area (Å²) in [4.78, 5) is 11.2. The first-order chi connectivity index (χ1) is 8.10. The van der Waals surface area contributed by atoms with Gasteiger partial charge in [-0.3, -0.25) is 4.79 Å². The average Bonchev–Trinajstić information content (AvgIpc) is 3.12. The van der Waals surface area contributed by atoms with E-state index < -0.39 is 11.4 Å². The Bertz CT molecular complexity index is 253. The van der Waals surface area contributed by atoms with Crippen LogP contribution in [0.1, 0.15) is 6.92 Å². The minimum atomic E-state index is -1.01. The molecule has 0 aromatic carbocycles. The molecule has 0 amide bonds. The lowest BCUT2D eigenvalue weighted by Gasteiger charge is -2.24. The van der Waals surface area contributed by atoms with E-state index in [1.807, 2.05) is 0 Å². The largest absolute Gasteiger partial charge is 0.481 e. The van der Waals surface area contributed by atoms with Gasteiger partial charge in [0.2, 0.25) is 0 Å². The van der Waals surface area contributed by atoms with Crippen LogP contribution in [0.15, 0.2) is 0 Å². The molecule has 2 saturated heterocycles. The number of rotatable bonds is 9. The number of ether oxygens (including phenoxy) is 4. The van der Waals surface area contributed by atoms with Crippen LogP contribution in [0.4, 0.5) is 0 Å². The quantitative estimate of drug-likeness (QED) is 0.572. The third-order valence-electron chi connectivity index (χ3n) is 2.77. The van der Waals surface area contributed by atoms with Crippen molar-refractivity contribution < 1.29 is 28.8 Å². The number of hydrogen-bond donors (Lipinski definition) is 1. The van der Waals surface area contributed by atoms with Gasteiger partial charge in [-0.2, -0.15) is 0 Å². The molecular weight excluding hydrogens is 228 g/mol. The first kappa shape index (κ1) is 12.8. The summed E-state index contributed by atoms with van der Waals surface area (Å²) in [6.45, 7) is 4.21. The molecule has 98 valence electrons. The topological polar surface area (TPSA) is 80.8 Å². The SMILES string of the molecule is CC(COCC1CO1)(COCC1CO1)C(=O)O. The second kappa shape index (κ2) is 5.30. The van der Waals surface area contributed by atoms with Gasteiger partial charge in [0.15, 0.2) is 0 Å². The van der Waals surface area contributed by atoms with Crippen molar-refractivity contribution in [2.24, 2.45) is 5.41 Å². The lowest BCUT2D eigenvalue weighted by Crippen LogP contribution is -2.38. The summed E-state index contributed by atoms with van der Waals surface area (Å²) < 4.78 is 20.6. The third-order valence-corrected chi connectivity index (χ3v) is 2.77.